The fourth-order valence-corrected chi connectivity index (χ4v) is 2.87. The number of aryl methyl sites for hydroxylation is 4. The predicted octanol–water partition coefficient (Wildman–Crippen LogP) is 2.18. The number of thiazole rings is 1. The predicted molar refractivity (Wildman–Crippen MR) is 80.4 cm³/mol. The summed E-state index contributed by atoms with van der Waals surface area (Å²) in [6, 6.07) is 1.92. The summed E-state index contributed by atoms with van der Waals surface area (Å²) in [6.45, 7) is 7.55. The molecule has 1 N–H and O–H groups in total. The molecule has 0 aliphatic rings. The third kappa shape index (κ3) is 2.96. The Kier molecular flexibility index (Phi) is 4.04. The number of carbonyl (C=O) groups excluding carboxylic acids is 1. The number of nitrogens with one attached hydrogen (secondary N) is 1. The van der Waals surface area contributed by atoms with Crippen LogP contribution in [0.5, 0.6) is 0 Å². The number of anilines is 1. The zero-order chi connectivity index (χ0) is 14.9. The van der Waals surface area contributed by atoms with E-state index in [0.29, 0.717) is 0 Å². The molecule has 2 aromatic heterocycles. The van der Waals surface area contributed by atoms with E-state index in [9.17, 15) is 9.59 Å². The fourth-order valence-electron chi connectivity index (χ4n) is 2.13. The highest BCUT2D eigenvalue weighted by Gasteiger charge is 2.12. The Hall–Kier alpha value is -1.95. The second-order valence-electron chi connectivity index (χ2n) is 4.82. The summed E-state index contributed by atoms with van der Waals surface area (Å²) in [6.07, 6.45) is 0. The van der Waals surface area contributed by atoms with E-state index in [1.807, 2.05) is 33.8 Å². The van der Waals surface area contributed by atoms with Crippen molar-refractivity contribution in [3.63, 3.8) is 0 Å². The number of amides is 1. The topological polar surface area (TPSA) is 64.0 Å². The minimum absolute atomic E-state index is 0.0287. The van der Waals surface area contributed by atoms with E-state index < -0.39 is 0 Å². The smallest absolute Gasteiger partial charge is 0.307 e. The number of aromatic nitrogens is 2. The molecular formula is C14H17N3O2S. The molecule has 5 nitrogen and oxygen atoms in total. The van der Waals surface area contributed by atoms with Crippen LogP contribution in [0.4, 0.5) is 5.69 Å². The second kappa shape index (κ2) is 5.58. The van der Waals surface area contributed by atoms with Crippen molar-refractivity contribution in [3.8, 4) is 0 Å². The van der Waals surface area contributed by atoms with Gasteiger partial charge in [-0.3, -0.25) is 19.1 Å². The third-order valence-electron chi connectivity index (χ3n) is 3.07. The summed E-state index contributed by atoms with van der Waals surface area (Å²) >= 11 is 1.10. The van der Waals surface area contributed by atoms with Gasteiger partial charge < -0.3 is 5.32 Å². The van der Waals surface area contributed by atoms with Gasteiger partial charge in [0.1, 0.15) is 6.54 Å². The zero-order valence-corrected chi connectivity index (χ0v) is 12.8. The summed E-state index contributed by atoms with van der Waals surface area (Å²) in [7, 11) is 0. The quantitative estimate of drug-likeness (QED) is 0.942. The molecular weight excluding hydrogens is 274 g/mol. The van der Waals surface area contributed by atoms with E-state index in [1.54, 1.807) is 5.38 Å². The Bertz CT molecular complexity index is 692. The number of hydrogen-bond donors (Lipinski definition) is 1. The maximum atomic E-state index is 12.1. The first-order valence-electron chi connectivity index (χ1n) is 6.28. The molecule has 6 heteroatoms. The zero-order valence-electron chi connectivity index (χ0n) is 12.0. The summed E-state index contributed by atoms with van der Waals surface area (Å²) in [5.74, 6) is -0.217. The third-order valence-corrected chi connectivity index (χ3v) is 3.95. The minimum Gasteiger partial charge on any atom is -0.323 e. The van der Waals surface area contributed by atoms with Crippen molar-refractivity contribution in [3.05, 3.63) is 43.8 Å². The highest BCUT2D eigenvalue weighted by molar-refractivity contribution is 7.07. The first kappa shape index (κ1) is 14.5. The van der Waals surface area contributed by atoms with Gasteiger partial charge in [-0.2, -0.15) is 0 Å². The van der Waals surface area contributed by atoms with Gasteiger partial charge in [0, 0.05) is 16.8 Å². The Morgan fingerprint density at radius 2 is 2.05 bits per heavy atom. The van der Waals surface area contributed by atoms with Crippen LogP contribution in [0.25, 0.3) is 0 Å². The van der Waals surface area contributed by atoms with Crippen molar-refractivity contribution in [2.24, 2.45) is 0 Å². The number of nitrogens with zero attached hydrogens (tertiary/aromatic N) is 2. The van der Waals surface area contributed by atoms with Gasteiger partial charge in [0.2, 0.25) is 5.91 Å². The fraction of sp³-hybridized carbons (Fsp3) is 0.357. The van der Waals surface area contributed by atoms with Crippen molar-refractivity contribution in [1.82, 2.24) is 9.55 Å². The molecule has 0 fully saturated rings. The Morgan fingerprint density at radius 1 is 1.35 bits per heavy atom. The van der Waals surface area contributed by atoms with E-state index in [0.717, 1.165) is 39.7 Å². The lowest BCUT2D eigenvalue weighted by Gasteiger charge is -2.12. The summed E-state index contributed by atoms with van der Waals surface area (Å²) < 4.78 is 1.46. The first-order valence-corrected chi connectivity index (χ1v) is 7.16. The molecule has 20 heavy (non-hydrogen) atoms. The van der Waals surface area contributed by atoms with Gasteiger partial charge in [-0.25, -0.2) is 0 Å². The van der Waals surface area contributed by atoms with Gasteiger partial charge in [0.05, 0.1) is 11.4 Å². The van der Waals surface area contributed by atoms with E-state index in [4.69, 9.17) is 0 Å². The largest absolute Gasteiger partial charge is 0.323 e. The molecule has 106 valence electrons. The van der Waals surface area contributed by atoms with Crippen LogP contribution in [0.15, 0.2) is 16.2 Å². The van der Waals surface area contributed by atoms with Crippen molar-refractivity contribution in [2.75, 3.05) is 5.32 Å². The molecule has 0 radical (unpaired) electrons. The SMILES string of the molecule is Cc1cc(C)c(NC(=O)Cn2c(C)csc2=O)c(C)n1. The molecule has 2 rings (SSSR count). The molecule has 0 unspecified atom stereocenters. The molecule has 0 atom stereocenters. The first-order chi connectivity index (χ1) is 9.38. The molecule has 1 amide bonds. The lowest BCUT2D eigenvalue weighted by atomic mass is 10.1. The van der Waals surface area contributed by atoms with Crippen LogP contribution in [0.1, 0.15) is 22.6 Å². The number of carbonyl (C=O) groups is 1. The lowest BCUT2D eigenvalue weighted by Crippen LogP contribution is -2.25. The maximum Gasteiger partial charge on any atom is 0.307 e. The summed E-state index contributed by atoms with van der Waals surface area (Å²) in [5.41, 5.74) is 4.19. The van der Waals surface area contributed by atoms with Crippen molar-refractivity contribution in [2.45, 2.75) is 34.2 Å². The summed E-state index contributed by atoms with van der Waals surface area (Å²) in [5, 5.41) is 4.59. The van der Waals surface area contributed by atoms with Gasteiger partial charge in [-0.15, -0.1) is 0 Å². The number of hydrogen-bond acceptors (Lipinski definition) is 4. The van der Waals surface area contributed by atoms with E-state index in [1.165, 1.54) is 4.57 Å². The minimum atomic E-state index is -0.217. The Morgan fingerprint density at radius 3 is 2.60 bits per heavy atom. The Labute approximate surface area is 121 Å². The van der Waals surface area contributed by atoms with E-state index in [-0.39, 0.29) is 17.3 Å². The molecule has 0 saturated carbocycles. The van der Waals surface area contributed by atoms with Crippen molar-refractivity contribution in [1.29, 1.82) is 0 Å². The molecule has 0 aromatic carbocycles. The molecule has 2 heterocycles. The average molecular weight is 291 g/mol. The van der Waals surface area contributed by atoms with Crippen molar-refractivity contribution < 1.29 is 4.79 Å². The highest BCUT2D eigenvalue weighted by Crippen LogP contribution is 2.19. The van der Waals surface area contributed by atoms with Crippen LogP contribution in [0.2, 0.25) is 0 Å². The van der Waals surface area contributed by atoms with Crippen LogP contribution in [-0.4, -0.2) is 15.5 Å². The van der Waals surface area contributed by atoms with Crippen LogP contribution < -0.4 is 10.2 Å². The molecule has 2 aromatic rings. The maximum absolute atomic E-state index is 12.1. The van der Waals surface area contributed by atoms with E-state index >= 15 is 0 Å². The van der Waals surface area contributed by atoms with Crippen LogP contribution in [0, 0.1) is 27.7 Å². The van der Waals surface area contributed by atoms with E-state index in [2.05, 4.69) is 10.3 Å². The second-order valence-corrected chi connectivity index (χ2v) is 5.64. The summed E-state index contributed by atoms with van der Waals surface area (Å²) in [4.78, 5) is 27.9. The number of pyridine rings is 1. The highest BCUT2D eigenvalue weighted by atomic mass is 32.1. The molecule has 0 bridgehead atoms. The number of rotatable bonds is 3. The van der Waals surface area contributed by atoms with Gasteiger partial charge >= 0.3 is 4.87 Å². The Balaban J connectivity index is 2.19. The van der Waals surface area contributed by atoms with Crippen LogP contribution in [0.3, 0.4) is 0 Å². The lowest BCUT2D eigenvalue weighted by molar-refractivity contribution is -0.116. The standard InChI is InChI=1S/C14H17N3O2S/c1-8-5-9(2)15-11(4)13(8)16-12(18)6-17-10(3)7-20-14(17)19/h5,7H,6H2,1-4H3,(H,16,18). The van der Waals surface area contributed by atoms with Crippen LogP contribution >= 0.6 is 11.3 Å². The average Bonchev–Trinajstić information content (AvgIpc) is 2.65. The van der Waals surface area contributed by atoms with Crippen molar-refractivity contribution >= 4 is 22.9 Å². The normalized spacial score (nSPS) is 10.6. The van der Waals surface area contributed by atoms with Gasteiger partial charge in [-0.05, 0) is 39.3 Å². The van der Waals surface area contributed by atoms with Gasteiger partial charge in [-0.1, -0.05) is 11.3 Å². The van der Waals surface area contributed by atoms with Gasteiger partial charge in [0.25, 0.3) is 0 Å². The molecule has 0 saturated heterocycles. The molecule has 0 aliphatic carbocycles. The monoisotopic (exact) mass is 291 g/mol. The molecule has 0 spiro atoms. The van der Waals surface area contributed by atoms with Crippen LogP contribution in [-0.2, 0) is 11.3 Å². The molecule has 0 aliphatic heterocycles. The van der Waals surface area contributed by atoms with Gasteiger partial charge in [0.15, 0.2) is 0 Å².